The number of carbonyl (C=O) groups excluding carboxylic acids is 2. The van der Waals surface area contributed by atoms with Crippen molar-refractivity contribution in [3.05, 3.63) is 35.4 Å². The number of benzene rings is 1. The van der Waals surface area contributed by atoms with E-state index in [9.17, 15) is 9.59 Å². The minimum absolute atomic E-state index is 0.128. The van der Waals surface area contributed by atoms with Crippen molar-refractivity contribution in [3.8, 4) is 0 Å². The Hall–Kier alpha value is -1.88. The monoisotopic (exact) mass is 329 g/mol. The SMILES string of the molecule is Cc1ccc([C@@H]2[C@H](C(=O)N3CCN(C)CC3)CCC(=O)N2C)cc1. The highest BCUT2D eigenvalue weighted by Crippen LogP contribution is 2.37. The highest BCUT2D eigenvalue weighted by Gasteiger charge is 2.40. The molecule has 2 saturated heterocycles. The van der Waals surface area contributed by atoms with Crippen molar-refractivity contribution in [2.24, 2.45) is 5.92 Å². The Balaban J connectivity index is 1.84. The molecule has 2 fully saturated rings. The summed E-state index contributed by atoms with van der Waals surface area (Å²) in [5.74, 6) is 0.190. The van der Waals surface area contributed by atoms with Crippen LogP contribution >= 0.6 is 0 Å². The molecule has 2 aliphatic heterocycles. The fraction of sp³-hybridized carbons (Fsp3) is 0.579. The maximum absolute atomic E-state index is 13.1. The summed E-state index contributed by atoms with van der Waals surface area (Å²) in [6, 6.07) is 8.07. The summed E-state index contributed by atoms with van der Waals surface area (Å²) in [6.07, 6.45) is 1.11. The molecule has 130 valence electrons. The molecule has 0 spiro atoms. The van der Waals surface area contributed by atoms with Gasteiger partial charge in [0.2, 0.25) is 11.8 Å². The lowest BCUT2D eigenvalue weighted by Crippen LogP contribution is -2.52. The smallest absolute Gasteiger partial charge is 0.228 e. The molecule has 0 unspecified atom stereocenters. The molecule has 0 radical (unpaired) electrons. The van der Waals surface area contributed by atoms with Crippen molar-refractivity contribution in [1.82, 2.24) is 14.7 Å². The van der Waals surface area contributed by atoms with Crippen LogP contribution in [0.1, 0.15) is 30.0 Å². The standard InChI is InChI=1S/C19H27N3O2/c1-14-4-6-15(7-5-14)18-16(8-9-17(23)21(18)3)19(24)22-12-10-20(2)11-13-22/h4-7,16,18H,8-13H2,1-3H3/t16-,18-/m1/s1. The molecular weight excluding hydrogens is 302 g/mol. The first-order valence-corrected chi connectivity index (χ1v) is 8.77. The fourth-order valence-corrected chi connectivity index (χ4v) is 3.78. The van der Waals surface area contributed by atoms with Gasteiger partial charge in [-0.1, -0.05) is 29.8 Å². The van der Waals surface area contributed by atoms with Crippen LogP contribution in [0.2, 0.25) is 0 Å². The van der Waals surface area contributed by atoms with Gasteiger partial charge in [0.25, 0.3) is 0 Å². The van der Waals surface area contributed by atoms with E-state index in [-0.39, 0.29) is 23.8 Å². The molecule has 0 aliphatic carbocycles. The van der Waals surface area contributed by atoms with Crippen molar-refractivity contribution in [3.63, 3.8) is 0 Å². The quantitative estimate of drug-likeness (QED) is 0.829. The third kappa shape index (κ3) is 3.31. The van der Waals surface area contributed by atoms with Crippen LogP contribution in [-0.4, -0.2) is 66.8 Å². The molecule has 0 saturated carbocycles. The van der Waals surface area contributed by atoms with E-state index in [4.69, 9.17) is 0 Å². The van der Waals surface area contributed by atoms with Gasteiger partial charge in [0.15, 0.2) is 0 Å². The average molecular weight is 329 g/mol. The van der Waals surface area contributed by atoms with Gasteiger partial charge in [-0.3, -0.25) is 9.59 Å². The molecule has 0 aromatic heterocycles. The predicted octanol–water partition coefficient (Wildman–Crippen LogP) is 1.68. The number of aryl methyl sites for hydroxylation is 1. The van der Waals surface area contributed by atoms with Crippen LogP contribution in [0.3, 0.4) is 0 Å². The lowest BCUT2D eigenvalue weighted by atomic mass is 9.83. The first-order chi connectivity index (χ1) is 11.5. The van der Waals surface area contributed by atoms with Crippen molar-refractivity contribution >= 4 is 11.8 Å². The minimum Gasteiger partial charge on any atom is -0.340 e. The number of hydrogen-bond acceptors (Lipinski definition) is 3. The highest BCUT2D eigenvalue weighted by molar-refractivity contribution is 5.85. The van der Waals surface area contributed by atoms with E-state index < -0.39 is 0 Å². The first kappa shape index (κ1) is 17.0. The molecule has 0 bridgehead atoms. The summed E-state index contributed by atoms with van der Waals surface area (Å²) in [7, 11) is 3.92. The van der Waals surface area contributed by atoms with Gasteiger partial charge in [-0.2, -0.15) is 0 Å². The third-order valence-corrected chi connectivity index (χ3v) is 5.41. The molecule has 0 N–H and O–H groups in total. The van der Waals surface area contributed by atoms with Gasteiger partial charge in [0.1, 0.15) is 0 Å². The lowest BCUT2D eigenvalue weighted by molar-refractivity contribution is -0.147. The van der Waals surface area contributed by atoms with Gasteiger partial charge in [-0.15, -0.1) is 0 Å². The van der Waals surface area contributed by atoms with E-state index in [1.165, 1.54) is 5.56 Å². The van der Waals surface area contributed by atoms with Gasteiger partial charge in [0.05, 0.1) is 12.0 Å². The van der Waals surface area contributed by atoms with Crippen LogP contribution in [0.5, 0.6) is 0 Å². The number of nitrogens with zero attached hydrogens (tertiary/aromatic N) is 3. The van der Waals surface area contributed by atoms with Crippen LogP contribution < -0.4 is 0 Å². The maximum atomic E-state index is 13.1. The Kier molecular flexibility index (Phi) is 4.90. The van der Waals surface area contributed by atoms with E-state index in [0.717, 1.165) is 31.7 Å². The van der Waals surface area contributed by atoms with Crippen LogP contribution in [0, 0.1) is 12.8 Å². The summed E-state index contributed by atoms with van der Waals surface area (Å²) >= 11 is 0. The number of amides is 2. The number of likely N-dealkylation sites (tertiary alicyclic amines) is 1. The number of likely N-dealkylation sites (N-methyl/N-ethyl adjacent to an activating group) is 1. The largest absolute Gasteiger partial charge is 0.340 e. The number of piperazine rings is 1. The van der Waals surface area contributed by atoms with Crippen LogP contribution in [0.4, 0.5) is 0 Å². The Morgan fingerprint density at radius 1 is 1.04 bits per heavy atom. The lowest BCUT2D eigenvalue weighted by Gasteiger charge is -2.42. The third-order valence-electron chi connectivity index (χ3n) is 5.41. The van der Waals surface area contributed by atoms with Crippen molar-refractivity contribution < 1.29 is 9.59 Å². The topological polar surface area (TPSA) is 43.9 Å². The molecular formula is C19H27N3O2. The first-order valence-electron chi connectivity index (χ1n) is 8.77. The van der Waals surface area contributed by atoms with E-state index in [0.29, 0.717) is 12.8 Å². The fourth-order valence-electron chi connectivity index (χ4n) is 3.78. The molecule has 2 heterocycles. The summed E-state index contributed by atoms with van der Waals surface area (Å²) in [5.41, 5.74) is 2.24. The van der Waals surface area contributed by atoms with Gasteiger partial charge < -0.3 is 14.7 Å². The zero-order chi connectivity index (χ0) is 17.3. The Bertz CT molecular complexity index is 606. The number of rotatable bonds is 2. The Morgan fingerprint density at radius 3 is 2.29 bits per heavy atom. The van der Waals surface area contributed by atoms with E-state index in [1.807, 2.05) is 18.9 Å². The van der Waals surface area contributed by atoms with Gasteiger partial charge in [-0.25, -0.2) is 0 Å². The van der Waals surface area contributed by atoms with Gasteiger partial charge >= 0.3 is 0 Å². The van der Waals surface area contributed by atoms with Crippen molar-refractivity contribution in [2.75, 3.05) is 40.3 Å². The van der Waals surface area contributed by atoms with Crippen LogP contribution in [0.15, 0.2) is 24.3 Å². The summed E-state index contributed by atoms with van der Waals surface area (Å²) in [4.78, 5) is 31.4. The normalized spacial score (nSPS) is 25.9. The molecule has 3 rings (SSSR count). The summed E-state index contributed by atoms with van der Waals surface area (Å²) < 4.78 is 0. The minimum atomic E-state index is -0.154. The number of piperidine rings is 1. The summed E-state index contributed by atoms with van der Waals surface area (Å²) in [6.45, 7) is 5.45. The Morgan fingerprint density at radius 2 is 1.67 bits per heavy atom. The zero-order valence-electron chi connectivity index (χ0n) is 14.9. The van der Waals surface area contributed by atoms with Gasteiger partial charge in [-0.05, 0) is 26.0 Å². The van der Waals surface area contributed by atoms with Gasteiger partial charge in [0, 0.05) is 39.6 Å². The molecule has 5 heteroatoms. The zero-order valence-corrected chi connectivity index (χ0v) is 14.9. The molecule has 2 amide bonds. The second kappa shape index (κ2) is 6.93. The molecule has 24 heavy (non-hydrogen) atoms. The van der Waals surface area contributed by atoms with Crippen LogP contribution in [0.25, 0.3) is 0 Å². The Labute approximate surface area is 144 Å². The van der Waals surface area contributed by atoms with E-state index >= 15 is 0 Å². The molecule has 2 aliphatic rings. The van der Waals surface area contributed by atoms with Crippen LogP contribution in [-0.2, 0) is 9.59 Å². The van der Waals surface area contributed by atoms with Crippen molar-refractivity contribution in [2.45, 2.75) is 25.8 Å². The van der Waals surface area contributed by atoms with E-state index in [2.05, 4.69) is 36.2 Å². The number of hydrogen-bond donors (Lipinski definition) is 0. The van der Waals surface area contributed by atoms with Crippen molar-refractivity contribution in [1.29, 1.82) is 0 Å². The molecule has 2 atom stereocenters. The van der Waals surface area contributed by atoms with E-state index in [1.54, 1.807) is 4.90 Å². The predicted molar refractivity (Wildman–Crippen MR) is 93.5 cm³/mol. The highest BCUT2D eigenvalue weighted by atomic mass is 16.2. The second-order valence-corrected chi connectivity index (χ2v) is 7.13. The molecule has 5 nitrogen and oxygen atoms in total. The number of carbonyl (C=O) groups is 2. The molecule has 1 aromatic rings. The summed E-state index contributed by atoms with van der Waals surface area (Å²) in [5, 5.41) is 0. The molecule has 1 aromatic carbocycles. The average Bonchev–Trinajstić information content (AvgIpc) is 2.58. The second-order valence-electron chi connectivity index (χ2n) is 7.13. The maximum Gasteiger partial charge on any atom is 0.228 e.